The van der Waals surface area contributed by atoms with Gasteiger partial charge in [0.2, 0.25) is 0 Å². The molecule has 0 aliphatic carbocycles. The predicted octanol–water partition coefficient (Wildman–Crippen LogP) is 4.04. The molecule has 120 valence electrons. The minimum absolute atomic E-state index is 0.150. The molecule has 1 aliphatic rings. The number of amidine groups is 1. The van der Waals surface area contributed by atoms with Gasteiger partial charge in [-0.1, -0.05) is 34.1 Å². The van der Waals surface area contributed by atoms with Crippen LogP contribution in [-0.2, 0) is 4.79 Å². The first kappa shape index (κ1) is 16.5. The number of nitrogens with zero attached hydrogens (tertiary/aromatic N) is 1. The summed E-state index contributed by atoms with van der Waals surface area (Å²) in [6.07, 6.45) is 1.78. The van der Waals surface area contributed by atoms with Gasteiger partial charge in [0.05, 0.1) is 16.2 Å². The molecule has 0 bridgehead atoms. The number of rotatable bonds is 3. The number of carboxylic acids is 1. The monoisotopic (exact) mass is 402 g/mol. The lowest BCUT2D eigenvalue weighted by Gasteiger charge is -1.98. The van der Waals surface area contributed by atoms with E-state index in [1.165, 1.54) is 23.9 Å². The van der Waals surface area contributed by atoms with E-state index in [9.17, 15) is 9.59 Å². The molecule has 2 aromatic carbocycles. The lowest BCUT2D eigenvalue weighted by atomic mass is 10.2. The summed E-state index contributed by atoms with van der Waals surface area (Å²) in [6.45, 7) is 0. The summed E-state index contributed by atoms with van der Waals surface area (Å²) in [6, 6.07) is 13.8. The maximum atomic E-state index is 12.0. The fourth-order valence-corrected chi connectivity index (χ4v) is 3.12. The highest BCUT2D eigenvalue weighted by molar-refractivity contribution is 9.10. The van der Waals surface area contributed by atoms with Crippen molar-refractivity contribution in [1.29, 1.82) is 0 Å². The van der Waals surface area contributed by atoms with E-state index in [4.69, 9.17) is 5.11 Å². The number of carbonyl (C=O) groups is 2. The zero-order valence-corrected chi connectivity index (χ0v) is 14.6. The van der Waals surface area contributed by atoms with Crippen LogP contribution < -0.4 is 5.32 Å². The second-order valence-electron chi connectivity index (χ2n) is 4.89. The topological polar surface area (TPSA) is 78.8 Å². The molecule has 1 aliphatic heterocycles. The average Bonchev–Trinajstić information content (AvgIpc) is 2.89. The van der Waals surface area contributed by atoms with E-state index in [0.29, 0.717) is 15.8 Å². The number of hydrogen-bond donors (Lipinski definition) is 2. The quantitative estimate of drug-likeness (QED) is 0.759. The maximum Gasteiger partial charge on any atom is 0.335 e. The van der Waals surface area contributed by atoms with Gasteiger partial charge in [-0.3, -0.25) is 4.79 Å². The molecule has 0 saturated carbocycles. The van der Waals surface area contributed by atoms with Crippen LogP contribution >= 0.6 is 27.7 Å². The number of thioether (sulfide) groups is 1. The van der Waals surface area contributed by atoms with Gasteiger partial charge in [0.15, 0.2) is 5.17 Å². The first-order valence-corrected chi connectivity index (χ1v) is 8.51. The Kier molecular flexibility index (Phi) is 4.82. The third-order valence-corrected chi connectivity index (χ3v) is 4.58. The van der Waals surface area contributed by atoms with Crippen molar-refractivity contribution in [3.05, 3.63) is 69.0 Å². The van der Waals surface area contributed by atoms with Crippen LogP contribution in [0, 0.1) is 0 Å². The van der Waals surface area contributed by atoms with Crippen LogP contribution in [0.25, 0.3) is 6.08 Å². The van der Waals surface area contributed by atoms with Crippen LogP contribution in [0.2, 0.25) is 0 Å². The SMILES string of the molecule is O=C1NC(=Nc2cccc(C(=O)O)c2)S/C1=C/c1ccc(Br)cc1. The van der Waals surface area contributed by atoms with Crippen LogP contribution in [0.1, 0.15) is 15.9 Å². The lowest BCUT2D eigenvalue weighted by molar-refractivity contribution is -0.115. The summed E-state index contributed by atoms with van der Waals surface area (Å²) in [5.41, 5.74) is 1.53. The highest BCUT2D eigenvalue weighted by Gasteiger charge is 2.23. The largest absolute Gasteiger partial charge is 0.478 e. The van der Waals surface area contributed by atoms with E-state index >= 15 is 0 Å². The average molecular weight is 403 g/mol. The Morgan fingerprint density at radius 3 is 2.67 bits per heavy atom. The smallest absolute Gasteiger partial charge is 0.335 e. The van der Waals surface area contributed by atoms with E-state index in [-0.39, 0.29) is 11.5 Å². The first-order valence-electron chi connectivity index (χ1n) is 6.90. The highest BCUT2D eigenvalue weighted by atomic mass is 79.9. The van der Waals surface area contributed by atoms with E-state index in [0.717, 1.165) is 10.0 Å². The molecule has 3 rings (SSSR count). The molecular formula is C17H11BrN2O3S. The van der Waals surface area contributed by atoms with Gasteiger partial charge in [-0.25, -0.2) is 9.79 Å². The van der Waals surface area contributed by atoms with E-state index in [2.05, 4.69) is 26.2 Å². The number of carbonyl (C=O) groups excluding carboxylic acids is 1. The molecular weight excluding hydrogens is 392 g/mol. The Labute approximate surface area is 150 Å². The minimum Gasteiger partial charge on any atom is -0.478 e. The van der Waals surface area contributed by atoms with Crippen LogP contribution in [0.5, 0.6) is 0 Å². The van der Waals surface area contributed by atoms with Gasteiger partial charge in [0.25, 0.3) is 5.91 Å². The van der Waals surface area contributed by atoms with Gasteiger partial charge in [-0.2, -0.15) is 0 Å². The number of hydrogen-bond acceptors (Lipinski definition) is 4. The number of aliphatic imine (C=N–C) groups is 1. The van der Waals surface area contributed by atoms with Crippen molar-refractivity contribution in [2.75, 3.05) is 0 Å². The Bertz CT molecular complexity index is 876. The molecule has 0 unspecified atom stereocenters. The predicted molar refractivity (Wildman–Crippen MR) is 98.3 cm³/mol. The van der Waals surface area contributed by atoms with Gasteiger partial charge in [-0.05, 0) is 53.7 Å². The number of amides is 1. The van der Waals surface area contributed by atoms with Crippen molar-refractivity contribution in [3.8, 4) is 0 Å². The molecule has 0 radical (unpaired) electrons. The normalized spacial score (nSPS) is 17.3. The molecule has 2 aromatic rings. The summed E-state index contributed by atoms with van der Waals surface area (Å²) in [4.78, 5) is 27.8. The van der Waals surface area contributed by atoms with Crippen LogP contribution in [0.3, 0.4) is 0 Å². The molecule has 1 fully saturated rings. The molecule has 1 heterocycles. The van der Waals surface area contributed by atoms with Gasteiger partial charge >= 0.3 is 5.97 Å². The highest BCUT2D eigenvalue weighted by Crippen LogP contribution is 2.28. The molecule has 24 heavy (non-hydrogen) atoms. The Hall–Kier alpha value is -2.38. The van der Waals surface area contributed by atoms with Crippen LogP contribution in [0.15, 0.2) is 62.9 Å². The molecule has 0 atom stereocenters. The third-order valence-electron chi connectivity index (χ3n) is 3.14. The summed E-state index contributed by atoms with van der Waals surface area (Å²) >= 11 is 4.58. The second kappa shape index (κ2) is 7.02. The van der Waals surface area contributed by atoms with E-state index in [1.54, 1.807) is 18.2 Å². The number of nitrogens with one attached hydrogen (secondary N) is 1. The first-order chi connectivity index (χ1) is 11.5. The fraction of sp³-hybridized carbons (Fsp3) is 0. The number of halogens is 1. The zero-order chi connectivity index (χ0) is 17.1. The molecule has 1 saturated heterocycles. The molecule has 2 N–H and O–H groups in total. The van der Waals surface area contributed by atoms with Crippen molar-refractivity contribution < 1.29 is 14.7 Å². The fourth-order valence-electron chi connectivity index (χ4n) is 2.02. The molecule has 7 heteroatoms. The van der Waals surface area contributed by atoms with Gasteiger partial charge in [0.1, 0.15) is 0 Å². The number of benzene rings is 2. The Morgan fingerprint density at radius 1 is 1.21 bits per heavy atom. The Balaban J connectivity index is 1.82. The van der Waals surface area contributed by atoms with Gasteiger partial charge in [-0.15, -0.1) is 0 Å². The minimum atomic E-state index is -1.02. The second-order valence-corrected chi connectivity index (χ2v) is 6.84. The number of carboxylic acid groups (broad SMARTS) is 1. The van der Waals surface area contributed by atoms with E-state index in [1.807, 2.05) is 24.3 Å². The standard InChI is InChI=1S/C17H11BrN2O3S/c18-12-6-4-10(5-7-12)8-14-15(21)20-17(24-14)19-13-3-1-2-11(9-13)16(22)23/h1-9H,(H,22,23)(H,19,20,21)/b14-8+. The number of aromatic carboxylic acids is 1. The third kappa shape index (κ3) is 3.93. The van der Waals surface area contributed by atoms with Crippen molar-refractivity contribution in [1.82, 2.24) is 5.32 Å². The van der Waals surface area contributed by atoms with Crippen molar-refractivity contribution in [2.24, 2.45) is 4.99 Å². The van der Waals surface area contributed by atoms with Crippen molar-refractivity contribution in [2.45, 2.75) is 0 Å². The molecule has 0 aromatic heterocycles. The molecule has 0 spiro atoms. The van der Waals surface area contributed by atoms with Crippen molar-refractivity contribution in [3.63, 3.8) is 0 Å². The van der Waals surface area contributed by atoms with Crippen molar-refractivity contribution >= 4 is 56.5 Å². The summed E-state index contributed by atoms with van der Waals surface area (Å²) in [5, 5.41) is 12.1. The van der Waals surface area contributed by atoms with Gasteiger partial charge < -0.3 is 10.4 Å². The lowest BCUT2D eigenvalue weighted by Crippen LogP contribution is -2.19. The Morgan fingerprint density at radius 2 is 1.96 bits per heavy atom. The molecule has 5 nitrogen and oxygen atoms in total. The molecule has 1 amide bonds. The van der Waals surface area contributed by atoms with E-state index < -0.39 is 5.97 Å². The van der Waals surface area contributed by atoms with Gasteiger partial charge in [0, 0.05) is 4.47 Å². The van der Waals surface area contributed by atoms with Crippen LogP contribution in [0.4, 0.5) is 5.69 Å². The zero-order valence-electron chi connectivity index (χ0n) is 12.2. The summed E-state index contributed by atoms with van der Waals surface area (Å²) in [7, 11) is 0. The van der Waals surface area contributed by atoms with Crippen LogP contribution in [-0.4, -0.2) is 22.2 Å². The maximum absolute atomic E-state index is 12.0. The summed E-state index contributed by atoms with van der Waals surface area (Å²) < 4.78 is 0.966. The summed E-state index contributed by atoms with van der Waals surface area (Å²) in [5.74, 6) is -1.24.